The highest BCUT2D eigenvalue weighted by atomic mass is 79.9. The molecule has 1 heterocycles. The number of benzene rings is 1. The van der Waals surface area contributed by atoms with Crippen molar-refractivity contribution in [1.82, 2.24) is 4.98 Å². The number of hydrogen-bond acceptors (Lipinski definition) is 4. The first-order valence-electron chi connectivity index (χ1n) is 5.23. The van der Waals surface area contributed by atoms with Crippen LogP contribution >= 0.6 is 27.3 Å². The molecular formula is C12H10BrNO3S. The lowest BCUT2D eigenvalue weighted by atomic mass is 10.2. The smallest absolute Gasteiger partial charge is 0.355 e. The molecule has 0 radical (unpaired) electrons. The van der Waals surface area contributed by atoms with Gasteiger partial charge in [-0.05, 0) is 41.1 Å². The Morgan fingerprint density at radius 1 is 1.56 bits per heavy atom. The van der Waals surface area contributed by atoms with Crippen LogP contribution in [0.5, 0.6) is 5.75 Å². The molecule has 0 saturated carbocycles. The van der Waals surface area contributed by atoms with Crippen molar-refractivity contribution in [3.63, 3.8) is 0 Å². The second kappa shape index (κ2) is 5.49. The number of aromatic carboxylic acids is 1. The van der Waals surface area contributed by atoms with Gasteiger partial charge in [0.1, 0.15) is 10.8 Å². The molecule has 0 fully saturated rings. The number of thiazole rings is 1. The Morgan fingerprint density at radius 3 is 2.89 bits per heavy atom. The molecule has 2 aromatic rings. The van der Waals surface area contributed by atoms with Gasteiger partial charge in [0.05, 0.1) is 11.1 Å². The predicted molar refractivity (Wildman–Crippen MR) is 73.4 cm³/mol. The molecule has 0 unspecified atom stereocenters. The van der Waals surface area contributed by atoms with E-state index in [9.17, 15) is 4.79 Å². The number of nitrogens with zero attached hydrogens (tertiary/aromatic N) is 1. The van der Waals surface area contributed by atoms with E-state index in [4.69, 9.17) is 9.84 Å². The molecule has 0 atom stereocenters. The summed E-state index contributed by atoms with van der Waals surface area (Å²) in [5.41, 5.74) is 0.933. The zero-order valence-electron chi connectivity index (χ0n) is 9.51. The van der Waals surface area contributed by atoms with Gasteiger partial charge in [0.25, 0.3) is 0 Å². The van der Waals surface area contributed by atoms with E-state index in [0.717, 1.165) is 15.8 Å². The Morgan fingerprint density at radius 2 is 2.33 bits per heavy atom. The van der Waals surface area contributed by atoms with Crippen molar-refractivity contribution in [2.75, 3.05) is 6.61 Å². The van der Waals surface area contributed by atoms with Crippen LogP contribution in [0.3, 0.4) is 0 Å². The molecule has 18 heavy (non-hydrogen) atoms. The SMILES string of the molecule is CCOc1ccc(-c2nc(C(=O)O)cs2)cc1Br. The average Bonchev–Trinajstić information content (AvgIpc) is 2.81. The Kier molecular flexibility index (Phi) is 3.98. The lowest BCUT2D eigenvalue weighted by Gasteiger charge is -2.06. The fourth-order valence-electron chi connectivity index (χ4n) is 1.41. The Labute approximate surface area is 116 Å². The van der Waals surface area contributed by atoms with Crippen LogP contribution in [0, 0.1) is 0 Å². The fraction of sp³-hybridized carbons (Fsp3) is 0.167. The molecule has 1 aromatic heterocycles. The molecular weight excluding hydrogens is 318 g/mol. The first-order valence-corrected chi connectivity index (χ1v) is 6.90. The molecule has 1 N–H and O–H groups in total. The fourth-order valence-corrected chi connectivity index (χ4v) is 2.70. The number of aromatic nitrogens is 1. The zero-order chi connectivity index (χ0) is 13.1. The van der Waals surface area contributed by atoms with Crippen LogP contribution in [-0.4, -0.2) is 22.7 Å². The summed E-state index contributed by atoms with van der Waals surface area (Å²) in [7, 11) is 0. The number of carbonyl (C=O) groups is 1. The number of halogens is 1. The van der Waals surface area contributed by atoms with Crippen LogP contribution in [0.2, 0.25) is 0 Å². The second-order valence-corrected chi connectivity index (χ2v) is 5.13. The van der Waals surface area contributed by atoms with E-state index in [0.29, 0.717) is 11.6 Å². The summed E-state index contributed by atoms with van der Waals surface area (Å²) in [6.45, 7) is 2.51. The molecule has 0 aliphatic carbocycles. The molecule has 2 rings (SSSR count). The normalized spacial score (nSPS) is 10.3. The highest BCUT2D eigenvalue weighted by molar-refractivity contribution is 9.10. The van der Waals surface area contributed by atoms with Crippen LogP contribution < -0.4 is 4.74 Å². The monoisotopic (exact) mass is 327 g/mol. The number of ether oxygens (including phenoxy) is 1. The first-order chi connectivity index (χ1) is 8.61. The maximum absolute atomic E-state index is 10.8. The van der Waals surface area contributed by atoms with Crippen LogP contribution in [0.4, 0.5) is 0 Å². The predicted octanol–water partition coefficient (Wildman–Crippen LogP) is 3.67. The topological polar surface area (TPSA) is 59.4 Å². The molecule has 4 nitrogen and oxygen atoms in total. The summed E-state index contributed by atoms with van der Waals surface area (Å²) in [6.07, 6.45) is 0. The van der Waals surface area contributed by atoms with Crippen molar-refractivity contribution < 1.29 is 14.6 Å². The summed E-state index contributed by atoms with van der Waals surface area (Å²) in [5.74, 6) is -0.251. The van der Waals surface area contributed by atoms with E-state index in [1.54, 1.807) is 0 Å². The maximum atomic E-state index is 10.8. The maximum Gasteiger partial charge on any atom is 0.355 e. The molecule has 0 bridgehead atoms. The van der Waals surface area contributed by atoms with Gasteiger partial charge in [-0.1, -0.05) is 0 Å². The standard InChI is InChI=1S/C12H10BrNO3S/c1-2-17-10-4-3-7(5-8(10)13)11-14-9(6-18-11)12(15)16/h3-6H,2H2,1H3,(H,15,16). The third-order valence-corrected chi connectivity index (χ3v) is 3.71. The molecule has 0 spiro atoms. The van der Waals surface area contributed by atoms with E-state index in [1.807, 2.05) is 25.1 Å². The Balaban J connectivity index is 2.33. The highest BCUT2D eigenvalue weighted by Gasteiger charge is 2.11. The van der Waals surface area contributed by atoms with Gasteiger partial charge in [-0.3, -0.25) is 0 Å². The third-order valence-electron chi connectivity index (χ3n) is 2.20. The number of rotatable bonds is 4. The molecule has 94 valence electrons. The number of hydrogen-bond donors (Lipinski definition) is 1. The minimum atomic E-state index is -1.01. The van der Waals surface area contributed by atoms with Gasteiger partial charge in [0.15, 0.2) is 5.69 Å². The van der Waals surface area contributed by atoms with Gasteiger partial charge >= 0.3 is 5.97 Å². The van der Waals surface area contributed by atoms with E-state index in [1.165, 1.54) is 16.7 Å². The van der Waals surface area contributed by atoms with Crippen molar-refractivity contribution >= 4 is 33.2 Å². The van der Waals surface area contributed by atoms with E-state index in [-0.39, 0.29) is 5.69 Å². The third kappa shape index (κ3) is 2.70. The van der Waals surface area contributed by atoms with Crippen molar-refractivity contribution in [3.05, 3.63) is 33.7 Å². The van der Waals surface area contributed by atoms with Crippen molar-refractivity contribution in [2.45, 2.75) is 6.92 Å². The largest absolute Gasteiger partial charge is 0.493 e. The van der Waals surface area contributed by atoms with Crippen molar-refractivity contribution in [3.8, 4) is 16.3 Å². The van der Waals surface area contributed by atoms with Gasteiger partial charge in [-0.2, -0.15) is 0 Å². The Bertz CT molecular complexity index is 582. The van der Waals surface area contributed by atoms with Gasteiger partial charge in [0, 0.05) is 10.9 Å². The van der Waals surface area contributed by atoms with Crippen molar-refractivity contribution in [1.29, 1.82) is 0 Å². The summed E-state index contributed by atoms with van der Waals surface area (Å²) >= 11 is 4.72. The summed E-state index contributed by atoms with van der Waals surface area (Å²) in [6, 6.07) is 5.57. The zero-order valence-corrected chi connectivity index (χ0v) is 11.9. The molecule has 6 heteroatoms. The van der Waals surface area contributed by atoms with Crippen LogP contribution in [0.25, 0.3) is 10.6 Å². The first kappa shape index (κ1) is 13.0. The van der Waals surface area contributed by atoms with E-state index < -0.39 is 5.97 Å². The van der Waals surface area contributed by atoms with Crippen molar-refractivity contribution in [2.24, 2.45) is 0 Å². The minimum absolute atomic E-state index is 0.0695. The molecule has 0 aliphatic heterocycles. The van der Waals surface area contributed by atoms with Gasteiger partial charge in [-0.25, -0.2) is 9.78 Å². The van der Waals surface area contributed by atoms with Crippen LogP contribution in [0.1, 0.15) is 17.4 Å². The summed E-state index contributed by atoms with van der Waals surface area (Å²) < 4.78 is 6.24. The second-order valence-electron chi connectivity index (χ2n) is 3.42. The van der Waals surface area contributed by atoms with Gasteiger partial charge in [0.2, 0.25) is 0 Å². The quantitative estimate of drug-likeness (QED) is 0.930. The lowest BCUT2D eigenvalue weighted by molar-refractivity contribution is 0.0691. The average molecular weight is 328 g/mol. The summed E-state index contributed by atoms with van der Waals surface area (Å²) in [4.78, 5) is 14.8. The van der Waals surface area contributed by atoms with Gasteiger partial charge in [-0.15, -0.1) is 11.3 Å². The number of carboxylic acids is 1. The van der Waals surface area contributed by atoms with E-state index >= 15 is 0 Å². The van der Waals surface area contributed by atoms with Crippen LogP contribution in [-0.2, 0) is 0 Å². The van der Waals surface area contributed by atoms with E-state index in [2.05, 4.69) is 20.9 Å². The molecule has 0 aliphatic rings. The Hall–Kier alpha value is -1.40. The lowest BCUT2D eigenvalue weighted by Crippen LogP contribution is -1.95. The highest BCUT2D eigenvalue weighted by Crippen LogP contribution is 2.32. The van der Waals surface area contributed by atoms with Crippen LogP contribution in [0.15, 0.2) is 28.1 Å². The molecule has 0 amide bonds. The van der Waals surface area contributed by atoms with Gasteiger partial charge < -0.3 is 9.84 Å². The number of carboxylic acid groups (broad SMARTS) is 1. The molecule has 0 saturated heterocycles. The molecule has 1 aromatic carbocycles. The minimum Gasteiger partial charge on any atom is -0.493 e. The summed E-state index contributed by atoms with van der Waals surface area (Å²) in [5, 5.41) is 11.0.